The molecule has 1 N–H and O–H groups in total. The molecular formula is C11H22FNO. The second-order valence-corrected chi connectivity index (χ2v) is 5.03. The number of nitrogens with zero attached hydrogens (tertiary/aromatic N) is 1. The zero-order chi connectivity index (χ0) is 10.8. The number of hydrogen-bond donors (Lipinski definition) is 1. The molecule has 3 heteroatoms. The molecule has 1 heterocycles. The molecule has 1 atom stereocenters. The highest BCUT2D eigenvalue weighted by atomic mass is 19.1. The first kappa shape index (κ1) is 11.9. The average Bonchev–Trinajstić information content (AvgIpc) is 2.08. The quantitative estimate of drug-likeness (QED) is 0.756. The highest BCUT2D eigenvalue weighted by Crippen LogP contribution is 2.25. The van der Waals surface area contributed by atoms with Crippen molar-refractivity contribution in [2.75, 3.05) is 19.6 Å². The number of aliphatic hydroxyl groups excluding tert-OH is 1. The van der Waals surface area contributed by atoms with E-state index in [1.165, 1.54) is 0 Å². The van der Waals surface area contributed by atoms with Gasteiger partial charge >= 0.3 is 0 Å². The zero-order valence-corrected chi connectivity index (χ0v) is 9.46. The van der Waals surface area contributed by atoms with Crippen LogP contribution < -0.4 is 0 Å². The first-order chi connectivity index (χ1) is 6.41. The fraction of sp³-hybridized carbons (Fsp3) is 1.00. The Labute approximate surface area is 86.1 Å². The minimum Gasteiger partial charge on any atom is -0.392 e. The monoisotopic (exact) mass is 203 g/mol. The van der Waals surface area contributed by atoms with Crippen LogP contribution in [0.15, 0.2) is 0 Å². The third kappa shape index (κ3) is 3.54. The predicted molar refractivity (Wildman–Crippen MR) is 56.0 cm³/mol. The number of β-amino-alcohol motifs (C(OH)–C–C–N with tert-alkyl or cyclic N) is 1. The Hall–Kier alpha value is -0.150. The van der Waals surface area contributed by atoms with Crippen LogP contribution in [0.1, 0.15) is 33.6 Å². The molecule has 1 unspecified atom stereocenters. The van der Waals surface area contributed by atoms with E-state index in [-0.39, 0.29) is 12.0 Å². The Bertz CT molecular complexity index is 172. The molecule has 0 aromatic rings. The summed E-state index contributed by atoms with van der Waals surface area (Å²) in [6.45, 7) is 7.92. The first-order valence-corrected chi connectivity index (χ1v) is 5.50. The summed E-state index contributed by atoms with van der Waals surface area (Å²) in [6, 6.07) is 0. The van der Waals surface area contributed by atoms with E-state index in [4.69, 9.17) is 0 Å². The molecular weight excluding hydrogens is 181 g/mol. The van der Waals surface area contributed by atoms with Crippen molar-refractivity contribution in [2.45, 2.75) is 45.4 Å². The fourth-order valence-electron chi connectivity index (χ4n) is 1.68. The van der Waals surface area contributed by atoms with Crippen LogP contribution in [0.4, 0.5) is 4.39 Å². The van der Waals surface area contributed by atoms with Gasteiger partial charge in [-0.3, -0.25) is 0 Å². The fourth-order valence-corrected chi connectivity index (χ4v) is 1.68. The number of likely N-dealkylation sites (tertiary alicyclic amines) is 1. The third-order valence-corrected chi connectivity index (χ3v) is 3.11. The Kier molecular flexibility index (Phi) is 3.90. The van der Waals surface area contributed by atoms with Gasteiger partial charge in [0.2, 0.25) is 0 Å². The molecule has 0 radical (unpaired) electrons. The Morgan fingerprint density at radius 2 is 1.86 bits per heavy atom. The minimum absolute atomic E-state index is 0.279. The number of aliphatic hydroxyl groups is 1. The van der Waals surface area contributed by atoms with Gasteiger partial charge in [-0.25, -0.2) is 4.39 Å². The molecule has 0 aromatic heterocycles. The summed E-state index contributed by atoms with van der Waals surface area (Å²) in [5.41, 5.74) is -0.987. The van der Waals surface area contributed by atoms with Gasteiger partial charge in [-0.2, -0.15) is 0 Å². The normalized spacial score (nSPS) is 25.3. The summed E-state index contributed by atoms with van der Waals surface area (Å²) in [5, 5.41) is 9.67. The van der Waals surface area contributed by atoms with Crippen molar-refractivity contribution in [2.24, 2.45) is 5.92 Å². The molecule has 0 amide bonds. The topological polar surface area (TPSA) is 23.5 Å². The van der Waals surface area contributed by atoms with E-state index < -0.39 is 5.67 Å². The van der Waals surface area contributed by atoms with Crippen molar-refractivity contribution in [3.63, 3.8) is 0 Å². The molecule has 0 aromatic carbocycles. The molecule has 2 nitrogen and oxygen atoms in total. The van der Waals surface area contributed by atoms with Crippen LogP contribution in [0.3, 0.4) is 0 Å². The molecule has 1 aliphatic heterocycles. The van der Waals surface area contributed by atoms with Crippen molar-refractivity contribution < 1.29 is 9.50 Å². The summed E-state index contributed by atoms with van der Waals surface area (Å²) in [6.07, 6.45) is 0.911. The molecule has 1 fully saturated rings. The van der Waals surface area contributed by atoms with Gasteiger partial charge in [0.15, 0.2) is 0 Å². The maximum Gasteiger partial charge on any atom is 0.110 e. The van der Waals surface area contributed by atoms with Crippen molar-refractivity contribution in [1.29, 1.82) is 0 Å². The maximum atomic E-state index is 13.5. The standard InChI is InChI=1S/C11H22FNO/c1-9(2)10(14)8-13-6-4-11(3,12)5-7-13/h9-10,14H,4-8H2,1-3H3. The second-order valence-electron chi connectivity index (χ2n) is 5.03. The van der Waals surface area contributed by atoms with Crippen molar-refractivity contribution >= 4 is 0 Å². The summed E-state index contributed by atoms with van der Waals surface area (Å²) in [5.74, 6) is 0.286. The number of piperidine rings is 1. The Morgan fingerprint density at radius 3 is 2.29 bits per heavy atom. The highest BCUT2D eigenvalue weighted by molar-refractivity contribution is 4.83. The molecule has 0 aliphatic carbocycles. The van der Waals surface area contributed by atoms with Crippen molar-refractivity contribution in [1.82, 2.24) is 4.90 Å². The lowest BCUT2D eigenvalue weighted by Crippen LogP contribution is -2.44. The summed E-state index contributed by atoms with van der Waals surface area (Å²) < 4.78 is 13.5. The molecule has 0 saturated carbocycles. The van der Waals surface area contributed by atoms with Crippen LogP contribution in [-0.2, 0) is 0 Å². The van der Waals surface area contributed by atoms with E-state index in [2.05, 4.69) is 4.90 Å². The molecule has 1 aliphatic rings. The van der Waals surface area contributed by atoms with Crippen LogP contribution in [0.5, 0.6) is 0 Å². The number of hydrogen-bond acceptors (Lipinski definition) is 2. The van der Waals surface area contributed by atoms with Crippen LogP contribution in [0.2, 0.25) is 0 Å². The van der Waals surface area contributed by atoms with Gasteiger partial charge in [-0.15, -0.1) is 0 Å². The van der Waals surface area contributed by atoms with Gasteiger partial charge < -0.3 is 10.0 Å². The van der Waals surface area contributed by atoms with E-state index in [0.29, 0.717) is 19.4 Å². The largest absolute Gasteiger partial charge is 0.392 e. The highest BCUT2D eigenvalue weighted by Gasteiger charge is 2.30. The van der Waals surface area contributed by atoms with E-state index in [9.17, 15) is 9.50 Å². The van der Waals surface area contributed by atoms with E-state index >= 15 is 0 Å². The lowest BCUT2D eigenvalue weighted by atomic mass is 9.95. The predicted octanol–water partition coefficient (Wildman–Crippen LogP) is 1.83. The molecule has 14 heavy (non-hydrogen) atoms. The SMILES string of the molecule is CC(C)C(O)CN1CCC(C)(F)CC1. The molecule has 1 saturated heterocycles. The maximum absolute atomic E-state index is 13.5. The van der Waals surface area contributed by atoms with Gasteiger partial charge in [0.1, 0.15) is 5.67 Å². The van der Waals surface area contributed by atoms with Gasteiger partial charge in [-0.1, -0.05) is 13.8 Å². The summed E-state index contributed by atoms with van der Waals surface area (Å²) in [7, 11) is 0. The molecule has 0 bridgehead atoms. The van der Waals surface area contributed by atoms with Gasteiger partial charge in [-0.05, 0) is 25.7 Å². The van der Waals surface area contributed by atoms with E-state index in [1.54, 1.807) is 6.92 Å². The average molecular weight is 203 g/mol. The van der Waals surface area contributed by atoms with Crippen LogP contribution in [0.25, 0.3) is 0 Å². The zero-order valence-electron chi connectivity index (χ0n) is 9.46. The van der Waals surface area contributed by atoms with Gasteiger partial charge in [0, 0.05) is 19.6 Å². The van der Waals surface area contributed by atoms with Crippen molar-refractivity contribution in [3.05, 3.63) is 0 Å². The summed E-state index contributed by atoms with van der Waals surface area (Å²) in [4.78, 5) is 2.16. The third-order valence-electron chi connectivity index (χ3n) is 3.11. The molecule has 0 spiro atoms. The van der Waals surface area contributed by atoms with Crippen LogP contribution in [0, 0.1) is 5.92 Å². The van der Waals surface area contributed by atoms with E-state index in [1.807, 2.05) is 13.8 Å². The number of rotatable bonds is 3. The second kappa shape index (κ2) is 4.58. The van der Waals surface area contributed by atoms with Crippen LogP contribution in [-0.4, -0.2) is 41.4 Å². The molecule has 84 valence electrons. The van der Waals surface area contributed by atoms with Crippen LogP contribution >= 0.6 is 0 Å². The number of halogens is 1. The smallest absolute Gasteiger partial charge is 0.110 e. The van der Waals surface area contributed by atoms with E-state index in [0.717, 1.165) is 13.1 Å². The lowest BCUT2D eigenvalue weighted by molar-refractivity contribution is 0.0290. The first-order valence-electron chi connectivity index (χ1n) is 5.50. The summed E-state index contributed by atoms with van der Waals surface area (Å²) >= 11 is 0. The Balaban J connectivity index is 2.29. The number of alkyl halides is 1. The van der Waals surface area contributed by atoms with Crippen molar-refractivity contribution in [3.8, 4) is 0 Å². The minimum atomic E-state index is -0.987. The van der Waals surface area contributed by atoms with Gasteiger partial charge in [0.25, 0.3) is 0 Å². The Morgan fingerprint density at radius 1 is 1.36 bits per heavy atom. The molecule has 1 rings (SSSR count). The van der Waals surface area contributed by atoms with Gasteiger partial charge in [0.05, 0.1) is 6.10 Å². The lowest BCUT2D eigenvalue weighted by Gasteiger charge is -2.35.